The van der Waals surface area contributed by atoms with Crippen LogP contribution < -0.4 is 10.6 Å². The molecular formula is C7H17N2OPS. The SMILES string of the molecule is CNC(=S)NCCCP(C)(C)=O. The van der Waals surface area contributed by atoms with Crippen molar-refractivity contribution >= 4 is 24.5 Å². The molecule has 0 aromatic heterocycles. The van der Waals surface area contributed by atoms with Gasteiger partial charge in [-0.05, 0) is 32.0 Å². The van der Waals surface area contributed by atoms with E-state index in [0.717, 1.165) is 19.1 Å². The smallest absolute Gasteiger partial charge is 0.166 e. The van der Waals surface area contributed by atoms with Crippen molar-refractivity contribution in [1.29, 1.82) is 0 Å². The minimum Gasteiger partial charge on any atom is -0.366 e. The van der Waals surface area contributed by atoms with Gasteiger partial charge in [-0.1, -0.05) is 0 Å². The predicted octanol–water partition coefficient (Wildman–Crippen LogP) is 1.09. The zero-order chi connectivity index (χ0) is 9.61. The van der Waals surface area contributed by atoms with Gasteiger partial charge in [0.05, 0.1) is 7.14 Å². The summed E-state index contributed by atoms with van der Waals surface area (Å²) < 4.78 is 11.3. The van der Waals surface area contributed by atoms with Crippen LogP contribution in [0.1, 0.15) is 6.42 Å². The monoisotopic (exact) mass is 208 g/mol. The molecule has 0 saturated carbocycles. The normalized spacial score (nSPS) is 10.9. The highest BCUT2D eigenvalue weighted by molar-refractivity contribution is 7.80. The van der Waals surface area contributed by atoms with E-state index < -0.39 is 7.14 Å². The molecular weight excluding hydrogens is 191 g/mol. The van der Waals surface area contributed by atoms with E-state index in [1.54, 1.807) is 7.05 Å². The van der Waals surface area contributed by atoms with Crippen LogP contribution in [0, 0.1) is 0 Å². The maximum atomic E-state index is 11.3. The van der Waals surface area contributed by atoms with Crippen molar-refractivity contribution in [2.24, 2.45) is 0 Å². The van der Waals surface area contributed by atoms with Gasteiger partial charge < -0.3 is 15.2 Å². The molecule has 0 bridgehead atoms. The first-order valence-electron chi connectivity index (χ1n) is 3.95. The predicted molar refractivity (Wildman–Crippen MR) is 58.6 cm³/mol. The fraction of sp³-hybridized carbons (Fsp3) is 0.857. The van der Waals surface area contributed by atoms with Crippen LogP contribution in [-0.2, 0) is 4.57 Å². The van der Waals surface area contributed by atoms with Gasteiger partial charge in [0.25, 0.3) is 0 Å². The van der Waals surface area contributed by atoms with Gasteiger partial charge in [0.15, 0.2) is 5.11 Å². The summed E-state index contributed by atoms with van der Waals surface area (Å²) in [5, 5.41) is 6.47. The Morgan fingerprint density at radius 1 is 1.50 bits per heavy atom. The molecule has 0 atom stereocenters. The second-order valence-corrected chi connectivity index (χ2v) is 7.16. The summed E-state index contributed by atoms with van der Waals surface area (Å²) in [4.78, 5) is 0. The van der Waals surface area contributed by atoms with Gasteiger partial charge in [-0.2, -0.15) is 0 Å². The summed E-state index contributed by atoms with van der Waals surface area (Å²) in [5.41, 5.74) is 0. The highest BCUT2D eigenvalue weighted by Gasteiger charge is 2.05. The third-order valence-corrected chi connectivity index (χ3v) is 3.13. The van der Waals surface area contributed by atoms with Gasteiger partial charge in [0, 0.05) is 19.8 Å². The van der Waals surface area contributed by atoms with Crippen LogP contribution in [-0.4, -0.2) is 38.2 Å². The maximum absolute atomic E-state index is 11.3. The fourth-order valence-corrected chi connectivity index (χ4v) is 1.77. The van der Waals surface area contributed by atoms with Gasteiger partial charge in [-0.25, -0.2) is 0 Å². The van der Waals surface area contributed by atoms with Crippen molar-refractivity contribution in [3.63, 3.8) is 0 Å². The molecule has 0 saturated heterocycles. The van der Waals surface area contributed by atoms with Crippen molar-refractivity contribution in [3.8, 4) is 0 Å². The van der Waals surface area contributed by atoms with Crippen LogP contribution >= 0.6 is 19.4 Å². The molecule has 3 nitrogen and oxygen atoms in total. The van der Waals surface area contributed by atoms with E-state index in [1.807, 2.05) is 13.3 Å². The average molecular weight is 208 g/mol. The average Bonchev–Trinajstić information content (AvgIpc) is 1.96. The van der Waals surface area contributed by atoms with Crippen molar-refractivity contribution in [2.45, 2.75) is 6.42 Å². The minimum atomic E-state index is -1.84. The Morgan fingerprint density at radius 2 is 2.08 bits per heavy atom. The van der Waals surface area contributed by atoms with Crippen molar-refractivity contribution in [3.05, 3.63) is 0 Å². The lowest BCUT2D eigenvalue weighted by atomic mass is 10.5. The molecule has 0 aliphatic carbocycles. The van der Waals surface area contributed by atoms with E-state index >= 15 is 0 Å². The van der Waals surface area contributed by atoms with Crippen LogP contribution in [0.5, 0.6) is 0 Å². The number of thiocarbonyl (C=S) groups is 1. The second kappa shape index (κ2) is 5.55. The highest BCUT2D eigenvalue weighted by Crippen LogP contribution is 2.35. The van der Waals surface area contributed by atoms with Gasteiger partial charge in [0.2, 0.25) is 0 Å². The zero-order valence-electron chi connectivity index (χ0n) is 7.89. The van der Waals surface area contributed by atoms with E-state index in [4.69, 9.17) is 12.2 Å². The summed E-state index contributed by atoms with van der Waals surface area (Å²) in [6.45, 7) is 4.41. The molecule has 12 heavy (non-hydrogen) atoms. The Morgan fingerprint density at radius 3 is 2.50 bits per heavy atom. The topological polar surface area (TPSA) is 41.1 Å². The summed E-state index contributed by atoms with van der Waals surface area (Å²) >= 11 is 4.87. The molecule has 0 spiro atoms. The molecule has 2 N–H and O–H groups in total. The minimum absolute atomic E-state index is 0.650. The lowest BCUT2D eigenvalue weighted by molar-refractivity contribution is 0.580. The van der Waals surface area contributed by atoms with Crippen LogP contribution in [0.2, 0.25) is 0 Å². The van der Waals surface area contributed by atoms with Gasteiger partial charge in [0.1, 0.15) is 0 Å². The number of hydrogen-bond acceptors (Lipinski definition) is 2. The van der Waals surface area contributed by atoms with Crippen molar-refractivity contribution in [1.82, 2.24) is 10.6 Å². The van der Waals surface area contributed by atoms with E-state index in [1.165, 1.54) is 0 Å². The molecule has 72 valence electrons. The first-order valence-corrected chi connectivity index (χ1v) is 7.15. The molecule has 0 aromatic rings. The summed E-state index contributed by atoms with van der Waals surface area (Å²) in [7, 11) is -0.0601. The first kappa shape index (κ1) is 11.9. The summed E-state index contributed by atoms with van der Waals surface area (Å²) in [5.74, 6) is 0. The van der Waals surface area contributed by atoms with E-state index in [-0.39, 0.29) is 0 Å². The molecule has 0 radical (unpaired) electrons. The largest absolute Gasteiger partial charge is 0.366 e. The molecule has 0 rings (SSSR count). The lowest BCUT2D eigenvalue weighted by Crippen LogP contribution is -2.33. The molecule has 0 aliphatic rings. The Kier molecular flexibility index (Phi) is 5.51. The van der Waals surface area contributed by atoms with Crippen LogP contribution in [0.3, 0.4) is 0 Å². The summed E-state index contributed by atoms with van der Waals surface area (Å²) in [6, 6.07) is 0. The van der Waals surface area contributed by atoms with Gasteiger partial charge >= 0.3 is 0 Å². The molecule has 0 aliphatic heterocycles. The molecule has 0 aromatic carbocycles. The standard InChI is InChI=1S/C7H17N2OPS/c1-8-7(12)9-5-4-6-11(2,3)10/h4-6H2,1-3H3,(H2,8,9,12). The third-order valence-electron chi connectivity index (χ3n) is 1.39. The van der Waals surface area contributed by atoms with Crippen LogP contribution in [0.25, 0.3) is 0 Å². The Labute approximate surface area is 79.7 Å². The Balaban J connectivity index is 3.34. The third kappa shape index (κ3) is 8.02. The van der Waals surface area contributed by atoms with Gasteiger partial charge in [-0.15, -0.1) is 0 Å². The van der Waals surface area contributed by atoms with Crippen molar-refractivity contribution < 1.29 is 4.57 Å². The Bertz CT molecular complexity index is 190. The fourth-order valence-electron chi connectivity index (χ4n) is 0.750. The number of rotatable bonds is 4. The van der Waals surface area contributed by atoms with E-state index in [2.05, 4.69) is 10.6 Å². The Hall–Kier alpha value is -0.0800. The quantitative estimate of drug-likeness (QED) is 0.412. The van der Waals surface area contributed by atoms with Crippen LogP contribution in [0.15, 0.2) is 0 Å². The summed E-state index contributed by atoms with van der Waals surface area (Å²) in [6.07, 6.45) is 1.69. The van der Waals surface area contributed by atoms with E-state index in [0.29, 0.717) is 5.11 Å². The zero-order valence-corrected chi connectivity index (χ0v) is 9.60. The number of nitrogens with one attached hydrogen (secondary N) is 2. The molecule has 0 unspecified atom stereocenters. The van der Waals surface area contributed by atoms with Crippen LogP contribution in [0.4, 0.5) is 0 Å². The molecule has 0 heterocycles. The van der Waals surface area contributed by atoms with Gasteiger partial charge in [-0.3, -0.25) is 0 Å². The lowest BCUT2D eigenvalue weighted by Gasteiger charge is -2.08. The maximum Gasteiger partial charge on any atom is 0.166 e. The molecule has 0 fully saturated rings. The number of hydrogen-bond donors (Lipinski definition) is 2. The van der Waals surface area contributed by atoms with Crippen molar-refractivity contribution in [2.75, 3.05) is 33.1 Å². The van der Waals surface area contributed by atoms with E-state index in [9.17, 15) is 4.57 Å². The second-order valence-electron chi connectivity index (χ2n) is 3.16. The molecule has 0 amide bonds. The highest BCUT2D eigenvalue weighted by atomic mass is 32.1. The first-order chi connectivity index (χ1) is 5.45. The molecule has 5 heteroatoms.